The van der Waals surface area contributed by atoms with Crippen LogP contribution in [0.2, 0.25) is 0 Å². The fourth-order valence-corrected chi connectivity index (χ4v) is 5.67. The lowest BCUT2D eigenvalue weighted by Crippen LogP contribution is -2.40. The van der Waals surface area contributed by atoms with Crippen LogP contribution in [0.3, 0.4) is 0 Å². The van der Waals surface area contributed by atoms with Gasteiger partial charge in [-0.1, -0.05) is 36.4 Å². The molecule has 1 aliphatic heterocycles. The largest absolute Gasteiger partial charge is 0.380 e. The molecule has 0 bridgehead atoms. The molecule has 4 rings (SSSR count). The number of nitrogens with zero attached hydrogens (tertiary/aromatic N) is 1. The number of fused-ring (bicyclic) bond motifs is 3. The van der Waals surface area contributed by atoms with E-state index in [4.69, 9.17) is 4.74 Å². The van der Waals surface area contributed by atoms with Crippen molar-refractivity contribution >= 4 is 27.3 Å². The first kappa shape index (κ1) is 21.1. The molecule has 0 aliphatic carbocycles. The molecule has 1 aliphatic rings. The minimum atomic E-state index is -3.88. The number of methoxy groups -OCH3 is 1. The number of benzene rings is 3. The van der Waals surface area contributed by atoms with Crippen molar-refractivity contribution in [1.82, 2.24) is 0 Å². The minimum absolute atomic E-state index is 0.212. The minimum Gasteiger partial charge on any atom is -0.380 e. The highest BCUT2D eigenvalue weighted by Crippen LogP contribution is 2.45. The highest BCUT2D eigenvalue weighted by Gasteiger charge is 2.36. The predicted molar refractivity (Wildman–Crippen MR) is 122 cm³/mol. The molecule has 0 radical (unpaired) electrons. The van der Waals surface area contributed by atoms with Gasteiger partial charge >= 0.3 is 0 Å². The zero-order valence-corrected chi connectivity index (χ0v) is 18.5. The highest BCUT2D eigenvalue weighted by molar-refractivity contribution is 7.93. The Morgan fingerprint density at radius 1 is 1.03 bits per heavy atom. The van der Waals surface area contributed by atoms with Crippen LogP contribution in [0.25, 0.3) is 11.1 Å². The van der Waals surface area contributed by atoms with Gasteiger partial charge in [-0.05, 0) is 54.8 Å². The molecule has 31 heavy (non-hydrogen) atoms. The Morgan fingerprint density at radius 3 is 2.58 bits per heavy atom. The van der Waals surface area contributed by atoms with Gasteiger partial charge in [-0.2, -0.15) is 0 Å². The molecule has 6 nitrogen and oxygen atoms in total. The maximum atomic E-state index is 13.4. The van der Waals surface area contributed by atoms with Crippen LogP contribution in [-0.2, 0) is 26.2 Å². The van der Waals surface area contributed by atoms with Gasteiger partial charge in [0.1, 0.15) is 6.54 Å². The molecule has 0 saturated carbocycles. The van der Waals surface area contributed by atoms with Gasteiger partial charge in [0.15, 0.2) is 0 Å². The van der Waals surface area contributed by atoms with Crippen molar-refractivity contribution in [3.05, 3.63) is 77.4 Å². The Hall–Kier alpha value is -3.16. The average Bonchev–Trinajstić information content (AvgIpc) is 2.71. The normalized spacial score (nSPS) is 14.0. The lowest BCUT2D eigenvalue weighted by molar-refractivity contribution is -0.114. The second-order valence-electron chi connectivity index (χ2n) is 7.67. The molecule has 0 unspecified atom stereocenters. The molecule has 3 aromatic rings. The summed E-state index contributed by atoms with van der Waals surface area (Å²) >= 11 is 0. The summed E-state index contributed by atoms with van der Waals surface area (Å²) < 4.78 is 33.2. The number of rotatable bonds is 5. The predicted octanol–water partition coefficient (Wildman–Crippen LogP) is 4.26. The molecule has 0 spiro atoms. The van der Waals surface area contributed by atoms with E-state index in [1.165, 1.54) is 4.31 Å². The van der Waals surface area contributed by atoms with E-state index in [-0.39, 0.29) is 11.4 Å². The Labute approximate surface area is 182 Å². The highest BCUT2D eigenvalue weighted by atomic mass is 32.2. The summed E-state index contributed by atoms with van der Waals surface area (Å²) in [4.78, 5) is 13.1. The summed E-state index contributed by atoms with van der Waals surface area (Å²) in [5.41, 5.74) is 5.44. The number of aryl methyl sites for hydroxylation is 2. The van der Waals surface area contributed by atoms with Crippen molar-refractivity contribution in [3.8, 4) is 11.1 Å². The van der Waals surface area contributed by atoms with Gasteiger partial charge in [-0.3, -0.25) is 9.10 Å². The van der Waals surface area contributed by atoms with E-state index in [0.29, 0.717) is 23.5 Å². The SMILES string of the molecule is COCc1cccc(NC(=O)CN2c3cc(C)cc(C)c3-c3ccccc3S2(=O)=O)c1. The van der Waals surface area contributed by atoms with Gasteiger partial charge in [0.2, 0.25) is 5.91 Å². The molecule has 7 heteroatoms. The fraction of sp³-hybridized carbons (Fsp3) is 0.208. The number of ether oxygens (including phenoxy) is 1. The summed E-state index contributed by atoms with van der Waals surface area (Å²) in [7, 11) is -2.28. The number of hydrogen-bond donors (Lipinski definition) is 1. The first-order valence-corrected chi connectivity index (χ1v) is 11.4. The Kier molecular flexibility index (Phi) is 5.56. The van der Waals surface area contributed by atoms with E-state index < -0.39 is 15.9 Å². The lowest BCUT2D eigenvalue weighted by Gasteiger charge is -2.33. The van der Waals surface area contributed by atoms with Crippen LogP contribution < -0.4 is 9.62 Å². The van der Waals surface area contributed by atoms with Crippen molar-refractivity contribution in [1.29, 1.82) is 0 Å². The quantitative estimate of drug-likeness (QED) is 0.648. The molecule has 1 heterocycles. The van der Waals surface area contributed by atoms with Crippen LogP contribution in [0, 0.1) is 13.8 Å². The molecule has 1 N–H and O–H groups in total. The van der Waals surface area contributed by atoms with Crippen molar-refractivity contribution in [3.63, 3.8) is 0 Å². The topological polar surface area (TPSA) is 75.7 Å². The molecule has 160 valence electrons. The number of nitrogens with one attached hydrogen (secondary N) is 1. The number of amides is 1. The Morgan fingerprint density at radius 2 is 1.81 bits per heavy atom. The van der Waals surface area contributed by atoms with Gasteiger partial charge in [0.25, 0.3) is 10.0 Å². The van der Waals surface area contributed by atoms with E-state index in [0.717, 1.165) is 22.3 Å². The third-order valence-corrected chi connectivity index (χ3v) is 7.08. The summed E-state index contributed by atoms with van der Waals surface area (Å²) in [6.07, 6.45) is 0. The van der Waals surface area contributed by atoms with Crippen LogP contribution in [0.1, 0.15) is 16.7 Å². The van der Waals surface area contributed by atoms with Crippen LogP contribution in [0.4, 0.5) is 11.4 Å². The van der Waals surface area contributed by atoms with E-state index in [1.807, 2.05) is 56.3 Å². The zero-order valence-electron chi connectivity index (χ0n) is 17.7. The molecule has 3 aromatic carbocycles. The smallest absolute Gasteiger partial charge is 0.265 e. The van der Waals surface area contributed by atoms with Gasteiger partial charge in [0.05, 0.1) is 17.2 Å². The Bertz CT molecular complexity index is 1270. The first-order valence-electron chi connectivity index (χ1n) is 9.92. The summed E-state index contributed by atoms with van der Waals surface area (Å²) in [6, 6.07) is 18.1. The third kappa shape index (κ3) is 3.94. The van der Waals surface area contributed by atoms with E-state index in [1.54, 1.807) is 25.3 Å². The van der Waals surface area contributed by atoms with Gasteiger partial charge in [-0.25, -0.2) is 8.42 Å². The van der Waals surface area contributed by atoms with Crippen molar-refractivity contribution in [2.45, 2.75) is 25.3 Å². The van der Waals surface area contributed by atoms with Gasteiger partial charge in [0, 0.05) is 23.9 Å². The van der Waals surface area contributed by atoms with Gasteiger partial charge in [-0.15, -0.1) is 0 Å². The van der Waals surface area contributed by atoms with Crippen LogP contribution in [-0.4, -0.2) is 28.0 Å². The molecular weight excluding hydrogens is 412 g/mol. The monoisotopic (exact) mass is 436 g/mol. The number of carbonyl (C=O) groups excluding carboxylic acids is 1. The number of anilines is 2. The maximum Gasteiger partial charge on any atom is 0.265 e. The molecule has 0 aromatic heterocycles. The number of hydrogen-bond acceptors (Lipinski definition) is 4. The average molecular weight is 437 g/mol. The fourth-order valence-electron chi connectivity index (χ4n) is 4.05. The third-order valence-electron chi connectivity index (χ3n) is 5.26. The standard InChI is InChI=1S/C24H24N2O4S/c1-16-11-17(2)24-20-9-4-5-10-22(20)31(28,29)26(21(24)12-16)14-23(27)25-19-8-6-7-18(13-19)15-30-3/h4-13H,14-15H2,1-3H3,(H,25,27). The van der Waals surface area contributed by atoms with Crippen LogP contribution in [0.5, 0.6) is 0 Å². The summed E-state index contributed by atoms with van der Waals surface area (Å²) in [6.45, 7) is 3.98. The van der Waals surface area contributed by atoms with Crippen LogP contribution in [0.15, 0.2) is 65.6 Å². The summed E-state index contributed by atoms with van der Waals surface area (Å²) in [5.74, 6) is -0.414. The number of carbonyl (C=O) groups is 1. The first-order chi connectivity index (χ1) is 14.8. The maximum absolute atomic E-state index is 13.4. The van der Waals surface area contributed by atoms with Crippen molar-refractivity contribution < 1.29 is 17.9 Å². The molecule has 0 atom stereocenters. The van der Waals surface area contributed by atoms with E-state index in [2.05, 4.69) is 5.32 Å². The van der Waals surface area contributed by atoms with E-state index in [9.17, 15) is 13.2 Å². The van der Waals surface area contributed by atoms with Crippen molar-refractivity contribution in [2.24, 2.45) is 0 Å². The molecule has 0 fully saturated rings. The van der Waals surface area contributed by atoms with Gasteiger partial charge < -0.3 is 10.1 Å². The zero-order chi connectivity index (χ0) is 22.2. The molecular formula is C24H24N2O4S. The molecule has 1 amide bonds. The van der Waals surface area contributed by atoms with Crippen LogP contribution >= 0.6 is 0 Å². The second-order valence-corrected chi connectivity index (χ2v) is 9.50. The van der Waals surface area contributed by atoms with Crippen molar-refractivity contribution in [2.75, 3.05) is 23.3 Å². The summed E-state index contributed by atoms with van der Waals surface area (Å²) in [5, 5.41) is 2.81. The Balaban J connectivity index is 1.72. The molecule has 0 saturated heterocycles. The van der Waals surface area contributed by atoms with E-state index >= 15 is 0 Å². The second kappa shape index (κ2) is 8.17. The lowest BCUT2D eigenvalue weighted by atomic mass is 9.96. The number of sulfonamides is 1.